The number of amides is 2. The third kappa shape index (κ3) is 6.62. The molecule has 31 heavy (non-hydrogen) atoms. The van der Waals surface area contributed by atoms with Gasteiger partial charge in [0.25, 0.3) is 11.8 Å². The molecule has 0 aliphatic heterocycles. The maximum atomic E-state index is 10.0. The quantitative estimate of drug-likeness (QED) is 0.242. The Bertz CT molecular complexity index is 1020. The number of hydrogen-bond acceptors (Lipinski definition) is 5. The molecule has 0 aliphatic rings. The number of hydrogen-bond donors (Lipinski definition) is 0. The molecule has 158 valence electrons. The third-order valence-corrected chi connectivity index (χ3v) is 3.96. The van der Waals surface area contributed by atoms with Crippen molar-refractivity contribution in [2.45, 2.75) is 13.8 Å². The Kier molecular flexibility index (Phi) is 8.66. The summed E-state index contributed by atoms with van der Waals surface area (Å²) in [5.74, 6) is -0.432. The van der Waals surface area contributed by atoms with Crippen LogP contribution < -0.4 is 0 Å². The van der Waals surface area contributed by atoms with E-state index in [0.29, 0.717) is 33.9 Å². The van der Waals surface area contributed by atoms with Gasteiger partial charge in [-0.1, -0.05) is 6.07 Å². The van der Waals surface area contributed by atoms with Gasteiger partial charge in [-0.2, -0.15) is 0 Å². The van der Waals surface area contributed by atoms with Gasteiger partial charge in [-0.25, -0.2) is 4.98 Å². The van der Waals surface area contributed by atoms with E-state index in [1.807, 2.05) is 0 Å². The summed E-state index contributed by atoms with van der Waals surface area (Å²) in [6.07, 6.45) is 6.22. The molecule has 0 radical (unpaired) electrons. The van der Waals surface area contributed by atoms with E-state index < -0.39 is 0 Å². The van der Waals surface area contributed by atoms with Crippen LogP contribution >= 0.6 is 0 Å². The Morgan fingerprint density at radius 1 is 0.710 bits per heavy atom. The van der Waals surface area contributed by atoms with Gasteiger partial charge in [0.2, 0.25) is 0 Å². The van der Waals surface area contributed by atoms with E-state index in [-0.39, 0.29) is 28.3 Å². The summed E-state index contributed by atoms with van der Waals surface area (Å²) in [4.78, 5) is 32.3. The Balaban J connectivity index is 0.00000341. The minimum Gasteiger partial charge on any atom is -0.490 e. The molecule has 3 heterocycles. The van der Waals surface area contributed by atoms with Crippen LogP contribution in [-0.2, 0) is 16.5 Å². The van der Waals surface area contributed by atoms with Crippen LogP contribution in [0.1, 0.15) is 36.4 Å². The Morgan fingerprint density at radius 2 is 1.10 bits per heavy atom. The second-order valence-corrected chi connectivity index (χ2v) is 6.10. The van der Waals surface area contributed by atoms with Gasteiger partial charge < -0.3 is 21.1 Å². The van der Waals surface area contributed by atoms with Gasteiger partial charge in [0, 0.05) is 36.2 Å². The van der Waals surface area contributed by atoms with Crippen LogP contribution in [0, 0.1) is 0 Å². The molecule has 9 nitrogen and oxygen atoms in total. The minimum absolute atomic E-state index is 0. The van der Waals surface area contributed by atoms with Gasteiger partial charge in [0.15, 0.2) is 0 Å². The van der Waals surface area contributed by atoms with E-state index in [4.69, 9.17) is 0 Å². The third-order valence-electron chi connectivity index (χ3n) is 3.96. The maximum absolute atomic E-state index is 10.0. The molecule has 2 amide bonds. The topological polar surface area (TPSA) is 134 Å². The molecule has 0 aliphatic carbocycles. The van der Waals surface area contributed by atoms with E-state index in [0.717, 1.165) is 0 Å². The molecular formula is C21H19N7NiO2+2. The zero-order valence-corrected chi connectivity index (χ0v) is 17.7. The first-order valence-corrected chi connectivity index (χ1v) is 8.95. The molecule has 2 N–H and O–H groups in total. The Labute approximate surface area is 189 Å². The molecule has 3 aromatic heterocycles. The first kappa shape index (κ1) is 23.5. The monoisotopic (exact) mass is 459 g/mol. The van der Waals surface area contributed by atoms with Crippen molar-refractivity contribution in [2.75, 3.05) is 0 Å². The number of aromatic nitrogens is 3. The van der Waals surface area contributed by atoms with Gasteiger partial charge in [-0.3, -0.25) is 19.6 Å². The fourth-order valence-corrected chi connectivity index (χ4v) is 2.30. The van der Waals surface area contributed by atoms with Crippen molar-refractivity contribution in [1.82, 2.24) is 15.0 Å². The predicted molar refractivity (Wildman–Crippen MR) is 116 cm³/mol. The van der Waals surface area contributed by atoms with Gasteiger partial charge in [0.05, 0.1) is 22.5 Å². The van der Waals surface area contributed by atoms with Crippen molar-refractivity contribution in [1.29, 1.82) is 0 Å². The largest absolute Gasteiger partial charge is 2.00 e. The van der Waals surface area contributed by atoms with Crippen LogP contribution in [0.4, 0.5) is 0 Å². The van der Waals surface area contributed by atoms with Crippen molar-refractivity contribution < 1.29 is 26.1 Å². The average molecular weight is 460 g/mol. The zero-order chi connectivity index (χ0) is 21.3. The van der Waals surface area contributed by atoms with E-state index in [1.54, 1.807) is 81.1 Å². The number of pyridine rings is 3. The predicted octanol–water partition coefficient (Wildman–Crippen LogP) is 3.17. The Morgan fingerprint density at radius 3 is 1.48 bits per heavy atom. The summed E-state index contributed by atoms with van der Waals surface area (Å²) in [7, 11) is 0. The molecule has 0 atom stereocenters. The number of carbonyl (C=O) groups excluding carboxylic acids is 2. The van der Waals surface area contributed by atoms with Crippen LogP contribution in [-0.4, -0.2) is 47.8 Å². The van der Waals surface area contributed by atoms with Crippen molar-refractivity contribution in [3.8, 4) is 0 Å². The van der Waals surface area contributed by atoms with E-state index in [2.05, 4.69) is 36.0 Å². The Hall–Kier alpha value is -3.78. The summed E-state index contributed by atoms with van der Waals surface area (Å²) in [5.41, 5.74) is 10.9. The first-order valence-electron chi connectivity index (χ1n) is 8.95. The molecule has 0 saturated carbocycles. The first-order chi connectivity index (χ1) is 14.5. The standard InChI is InChI=1S/C21H19N7O2.Ni/c1-14(25-27-20(29)16-6-10-22-11-7-16)18-4-3-5-19(24-18)15(2)26-28-21(30)17-8-12-23-13-9-17;/h3-13H,1-2H3,(H2,24,27,28,29,30);/q;+2. The zero-order valence-electron chi connectivity index (χ0n) is 16.7. The molecule has 3 aromatic rings. The van der Waals surface area contributed by atoms with Crippen LogP contribution in [0.5, 0.6) is 0 Å². The van der Waals surface area contributed by atoms with Gasteiger partial charge in [0.1, 0.15) is 0 Å². The van der Waals surface area contributed by atoms with Crippen LogP contribution in [0.15, 0.2) is 77.5 Å². The van der Waals surface area contributed by atoms with Crippen LogP contribution in [0.2, 0.25) is 0 Å². The van der Waals surface area contributed by atoms with Crippen molar-refractivity contribution in [2.24, 2.45) is 10.2 Å². The summed E-state index contributed by atoms with van der Waals surface area (Å²) in [6, 6.07) is 11.9. The summed E-state index contributed by atoms with van der Waals surface area (Å²) >= 11 is 0. The molecule has 10 heteroatoms. The molecule has 0 aromatic carbocycles. The smallest absolute Gasteiger partial charge is 0.490 e. The molecule has 0 spiro atoms. The number of nitrogens with zero attached hydrogens (tertiary/aromatic N) is 7. The van der Waals surface area contributed by atoms with E-state index in [1.165, 1.54) is 0 Å². The molecule has 0 saturated heterocycles. The van der Waals surface area contributed by atoms with Crippen LogP contribution in [0.25, 0.3) is 10.9 Å². The average Bonchev–Trinajstić information content (AvgIpc) is 2.81. The maximum Gasteiger partial charge on any atom is 2.00 e. The number of rotatable bonds is 6. The fourth-order valence-electron chi connectivity index (χ4n) is 2.30. The van der Waals surface area contributed by atoms with Gasteiger partial charge in [-0.05, 0) is 50.2 Å². The summed E-state index contributed by atoms with van der Waals surface area (Å²) in [6.45, 7) is 3.46. The summed E-state index contributed by atoms with van der Waals surface area (Å²) < 4.78 is 0. The SMILES string of the molecule is CC(=N[N-]C(=[OH+])c1ccncc1)c1cccc(C(C)=N[N-]C(=[OH+])c2ccncc2)n1.[Ni+2]. The van der Waals surface area contributed by atoms with Crippen molar-refractivity contribution in [3.05, 3.63) is 101 Å². The van der Waals surface area contributed by atoms with Gasteiger partial charge in [-0.15, -0.1) is 0 Å². The molecule has 0 unspecified atom stereocenters. The second kappa shape index (κ2) is 11.4. The van der Waals surface area contributed by atoms with E-state index >= 15 is 0 Å². The second-order valence-electron chi connectivity index (χ2n) is 6.10. The fraction of sp³-hybridized carbons (Fsp3) is 0.0952. The summed E-state index contributed by atoms with van der Waals surface area (Å²) in [5, 5.41) is 8.09. The molecule has 0 bridgehead atoms. The molecule has 3 rings (SSSR count). The molecular weight excluding hydrogens is 441 g/mol. The normalized spacial score (nSPS) is 11.3. The van der Waals surface area contributed by atoms with Crippen molar-refractivity contribution >= 4 is 23.2 Å². The van der Waals surface area contributed by atoms with Gasteiger partial charge >= 0.3 is 16.5 Å². The van der Waals surface area contributed by atoms with Crippen LogP contribution in [0.3, 0.4) is 0 Å². The minimum atomic E-state index is -0.216. The van der Waals surface area contributed by atoms with E-state index in [9.17, 15) is 9.59 Å². The van der Waals surface area contributed by atoms with Crippen molar-refractivity contribution in [3.63, 3.8) is 0 Å². The molecule has 0 fully saturated rings.